The summed E-state index contributed by atoms with van der Waals surface area (Å²) in [5, 5.41) is 3.40. The molecule has 0 amide bonds. The molecule has 1 saturated heterocycles. The molecule has 2 nitrogen and oxygen atoms in total. The molecule has 88 valence electrons. The van der Waals surface area contributed by atoms with Crippen molar-refractivity contribution in [3.05, 3.63) is 34.1 Å². The Balaban J connectivity index is 2.05. The summed E-state index contributed by atoms with van der Waals surface area (Å²) in [5.74, 6) is -0.180. The summed E-state index contributed by atoms with van der Waals surface area (Å²) in [6.07, 6.45) is 0. The molecule has 16 heavy (non-hydrogen) atoms. The van der Waals surface area contributed by atoms with Gasteiger partial charge in [-0.25, -0.2) is 4.39 Å². The van der Waals surface area contributed by atoms with Gasteiger partial charge in [0.15, 0.2) is 0 Å². The molecule has 0 spiro atoms. The van der Waals surface area contributed by atoms with Crippen LogP contribution in [0, 0.1) is 5.82 Å². The zero-order valence-corrected chi connectivity index (χ0v) is 10.9. The topological polar surface area (TPSA) is 15.3 Å². The largest absolute Gasteiger partial charge is 0.312 e. The molecular weight excluding hydrogens is 271 g/mol. The number of hydrogen-bond donors (Lipinski definition) is 1. The Morgan fingerprint density at radius 2 is 2.38 bits per heavy atom. The molecule has 0 saturated carbocycles. The monoisotopic (exact) mass is 286 g/mol. The fourth-order valence-electron chi connectivity index (χ4n) is 2.07. The lowest BCUT2D eigenvalue weighted by molar-refractivity contribution is 0.199. The SMILES string of the molecule is C[C@H]1CN(Cc2cccc(F)c2Br)CCN1. The van der Waals surface area contributed by atoms with Crippen LogP contribution in [0.5, 0.6) is 0 Å². The van der Waals surface area contributed by atoms with E-state index in [1.54, 1.807) is 6.07 Å². The van der Waals surface area contributed by atoms with E-state index in [1.165, 1.54) is 6.07 Å². The van der Waals surface area contributed by atoms with E-state index in [0.29, 0.717) is 10.5 Å². The van der Waals surface area contributed by atoms with Crippen LogP contribution in [0.2, 0.25) is 0 Å². The molecule has 1 heterocycles. The Kier molecular flexibility index (Phi) is 3.95. The smallest absolute Gasteiger partial charge is 0.137 e. The summed E-state index contributed by atoms with van der Waals surface area (Å²) in [6, 6.07) is 5.73. The first-order chi connectivity index (χ1) is 7.66. The molecule has 2 rings (SSSR count). The van der Waals surface area contributed by atoms with Crippen molar-refractivity contribution < 1.29 is 4.39 Å². The summed E-state index contributed by atoms with van der Waals surface area (Å²) in [6.45, 7) is 6.03. The average Bonchev–Trinajstić information content (AvgIpc) is 2.25. The van der Waals surface area contributed by atoms with Crippen molar-refractivity contribution >= 4 is 15.9 Å². The maximum absolute atomic E-state index is 13.3. The number of piperazine rings is 1. The highest BCUT2D eigenvalue weighted by Crippen LogP contribution is 2.22. The van der Waals surface area contributed by atoms with Gasteiger partial charge in [-0.1, -0.05) is 12.1 Å². The summed E-state index contributed by atoms with van der Waals surface area (Å²) in [5.41, 5.74) is 1.02. The summed E-state index contributed by atoms with van der Waals surface area (Å²) in [4.78, 5) is 2.35. The van der Waals surface area contributed by atoms with E-state index >= 15 is 0 Å². The predicted molar refractivity (Wildman–Crippen MR) is 66.8 cm³/mol. The van der Waals surface area contributed by atoms with Crippen molar-refractivity contribution in [2.24, 2.45) is 0 Å². The van der Waals surface area contributed by atoms with E-state index < -0.39 is 0 Å². The van der Waals surface area contributed by atoms with Crippen molar-refractivity contribution in [1.82, 2.24) is 10.2 Å². The van der Waals surface area contributed by atoms with Gasteiger partial charge < -0.3 is 5.32 Å². The lowest BCUT2D eigenvalue weighted by atomic mass is 10.1. The second-order valence-electron chi connectivity index (χ2n) is 4.30. The molecule has 1 aromatic carbocycles. The van der Waals surface area contributed by atoms with Crippen LogP contribution in [0.15, 0.2) is 22.7 Å². The first-order valence-corrected chi connectivity index (χ1v) is 6.35. The normalized spacial score (nSPS) is 22.3. The highest BCUT2D eigenvalue weighted by atomic mass is 79.9. The van der Waals surface area contributed by atoms with Gasteiger partial charge in [0, 0.05) is 32.2 Å². The van der Waals surface area contributed by atoms with Gasteiger partial charge in [0.1, 0.15) is 5.82 Å². The van der Waals surface area contributed by atoms with Crippen molar-refractivity contribution in [1.29, 1.82) is 0 Å². The summed E-state index contributed by atoms with van der Waals surface area (Å²) < 4.78 is 13.9. The van der Waals surface area contributed by atoms with E-state index in [1.807, 2.05) is 6.07 Å². The van der Waals surface area contributed by atoms with Crippen LogP contribution in [-0.4, -0.2) is 30.6 Å². The second kappa shape index (κ2) is 5.25. The Morgan fingerprint density at radius 1 is 1.56 bits per heavy atom. The molecule has 0 bridgehead atoms. The Labute approximate surface area is 104 Å². The van der Waals surface area contributed by atoms with E-state index in [9.17, 15) is 4.39 Å². The van der Waals surface area contributed by atoms with Crippen LogP contribution in [-0.2, 0) is 6.54 Å². The highest BCUT2D eigenvalue weighted by molar-refractivity contribution is 9.10. The molecule has 1 aliphatic rings. The van der Waals surface area contributed by atoms with Crippen molar-refractivity contribution in [3.63, 3.8) is 0 Å². The number of benzene rings is 1. The zero-order valence-electron chi connectivity index (χ0n) is 9.34. The number of nitrogens with one attached hydrogen (secondary N) is 1. The molecule has 0 radical (unpaired) electrons. The third-order valence-corrected chi connectivity index (χ3v) is 3.77. The highest BCUT2D eigenvalue weighted by Gasteiger charge is 2.16. The van der Waals surface area contributed by atoms with Gasteiger partial charge in [0.2, 0.25) is 0 Å². The fourth-order valence-corrected chi connectivity index (χ4v) is 2.46. The molecule has 1 aliphatic heterocycles. The Morgan fingerprint density at radius 3 is 3.12 bits per heavy atom. The molecular formula is C12H16BrFN2. The van der Waals surface area contributed by atoms with Crippen LogP contribution in [0.25, 0.3) is 0 Å². The first kappa shape index (κ1) is 12.0. The number of rotatable bonds is 2. The molecule has 1 atom stereocenters. The molecule has 1 aromatic rings. The molecule has 1 N–H and O–H groups in total. The number of halogens is 2. The first-order valence-electron chi connectivity index (χ1n) is 5.55. The fraction of sp³-hybridized carbons (Fsp3) is 0.500. The van der Waals surface area contributed by atoms with E-state index in [2.05, 4.69) is 33.1 Å². The average molecular weight is 287 g/mol. The maximum Gasteiger partial charge on any atom is 0.137 e. The third kappa shape index (κ3) is 2.81. The van der Waals surface area contributed by atoms with Crippen LogP contribution < -0.4 is 5.32 Å². The van der Waals surface area contributed by atoms with Gasteiger partial charge in [0.25, 0.3) is 0 Å². The number of nitrogens with zero attached hydrogens (tertiary/aromatic N) is 1. The van der Waals surface area contributed by atoms with Crippen molar-refractivity contribution in [2.45, 2.75) is 19.5 Å². The quantitative estimate of drug-likeness (QED) is 0.898. The number of hydrogen-bond acceptors (Lipinski definition) is 2. The maximum atomic E-state index is 13.3. The lowest BCUT2D eigenvalue weighted by Crippen LogP contribution is -2.48. The van der Waals surface area contributed by atoms with Crippen molar-refractivity contribution in [3.8, 4) is 0 Å². The molecule has 1 fully saturated rings. The van der Waals surface area contributed by atoms with Crippen LogP contribution in [0.1, 0.15) is 12.5 Å². The van der Waals surface area contributed by atoms with E-state index in [0.717, 1.165) is 31.7 Å². The zero-order chi connectivity index (χ0) is 11.5. The minimum Gasteiger partial charge on any atom is -0.312 e. The van der Waals surface area contributed by atoms with Gasteiger partial charge in [-0.3, -0.25) is 4.90 Å². The third-order valence-electron chi connectivity index (χ3n) is 2.88. The summed E-state index contributed by atoms with van der Waals surface area (Å²) >= 11 is 3.30. The standard InChI is InChI=1S/C12H16BrFN2/c1-9-7-16(6-5-15-9)8-10-3-2-4-11(14)12(10)13/h2-4,9,15H,5-8H2,1H3/t9-/m0/s1. The molecule has 4 heteroatoms. The second-order valence-corrected chi connectivity index (χ2v) is 5.10. The van der Waals surface area contributed by atoms with Gasteiger partial charge in [0.05, 0.1) is 4.47 Å². The Bertz CT molecular complexity index is 370. The van der Waals surface area contributed by atoms with Crippen LogP contribution in [0.3, 0.4) is 0 Å². The van der Waals surface area contributed by atoms with E-state index in [4.69, 9.17) is 0 Å². The minimum absolute atomic E-state index is 0.180. The lowest BCUT2D eigenvalue weighted by Gasteiger charge is -2.32. The van der Waals surface area contributed by atoms with Gasteiger partial charge >= 0.3 is 0 Å². The molecule has 0 aliphatic carbocycles. The minimum atomic E-state index is -0.180. The molecule has 0 unspecified atom stereocenters. The Hall–Kier alpha value is -0.450. The van der Waals surface area contributed by atoms with Gasteiger partial charge in [-0.05, 0) is 34.5 Å². The molecule has 0 aromatic heterocycles. The van der Waals surface area contributed by atoms with Crippen LogP contribution in [0.4, 0.5) is 4.39 Å². The van der Waals surface area contributed by atoms with Crippen molar-refractivity contribution in [2.75, 3.05) is 19.6 Å². The van der Waals surface area contributed by atoms with Crippen LogP contribution >= 0.6 is 15.9 Å². The predicted octanol–water partition coefficient (Wildman–Crippen LogP) is 2.38. The van der Waals surface area contributed by atoms with Gasteiger partial charge in [-0.15, -0.1) is 0 Å². The van der Waals surface area contributed by atoms with Gasteiger partial charge in [-0.2, -0.15) is 0 Å². The summed E-state index contributed by atoms with van der Waals surface area (Å²) in [7, 11) is 0. The van der Waals surface area contributed by atoms with E-state index in [-0.39, 0.29) is 5.82 Å².